The zero-order chi connectivity index (χ0) is 8.65. The molecule has 0 saturated carbocycles. The first kappa shape index (κ1) is 8.59. The van der Waals surface area contributed by atoms with Gasteiger partial charge in [-0.3, -0.25) is 4.79 Å². The first-order valence-corrected chi connectivity index (χ1v) is 3.66. The van der Waals surface area contributed by atoms with E-state index in [2.05, 4.69) is 4.74 Å². The summed E-state index contributed by atoms with van der Waals surface area (Å²) < 4.78 is 9.67. The predicted octanol–water partition coefficient (Wildman–Crippen LogP) is 1.24. The Morgan fingerprint density at radius 1 is 1.17 bits per heavy atom. The molecule has 0 atom stereocenters. The van der Waals surface area contributed by atoms with E-state index in [1.165, 1.54) is 0 Å². The molecule has 3 nitrogen and oxygen atoms in total. The molecule has 0 unspecified atom stereocenters. The average molecular weight is 166 g/mol. The van der Waals surface area contributed by atoms with Crippen LogP contribution >= 0.6 is 0 Å². The molecule has 1 rings (SSSR count). The molecule has 0 aliphatic carbocycles. The van der Waals surface area contributed by atoms with Gasteiger partial charge in [-0.2, -0.15) is 0 Å². The highest BCUT2D eigenvalue weighted by Gasteiger charge is 1.89. The van der Waals surface area contributed by atoms with Crippen LogP contribution in [0.25, 0.3) is 0 Å². The Balaban J connectivity index is 2.20. The fourth-order valence-electron chi connectivity index (χ4n) is 0.772. The van der Waals surface area contributed by atoms with Gasteiger partial charge in [0.1, 0.15) is 19.0 Å². The van der Waals surface area contributed by atoms with Crippen molar-refractivity contribution in [3.8, 4) is 5.75 Å². The van der Waals surface area contributed by atoms with Crippen molar-refractivity contribution in [1.82, 2.24) is 0 Å². The van der Waals surface area contributed by atoms with Crippen LogP contribution < -0.4 is 4.74 Å². The lowest BCUT2D eigenvalue weighted by atomic mass is 10.3. The second-order valence-electron chi connectivity index (χ2n) is 2.13. The molecular formula is C9H10O3. The molecule has 0 saturated heterocycles. The lowest BCUT2D eigenvalue weighted by Gasteiger charge is -2.03. The summed E-state index contributed by atoms with van der Waals surface area (Å²) in [6.45, 7) is 1.09. The molecule has 0 aliphatic rings. The molecule has 0 fully saturated rings. The number of carbonyl (C=O) groups is 1. The topological polar surface area (TPSA) is 35.5 Å². The van der Waals surface area contributed by atoms with E-state index in [4.69, 9.17) is 4.74 Å². The first-order chi connectivity index (χ1) is 5.93. The molecule has 0 aliphatic heterocycles. The molecule has 12 heavy (non-hydrogen) atoms. The molecule has 0 radical (unpaired) electrons. The lowest BCUT2D eigenvalue weighted by Crippen LogP contribution is -2.05. The predicted molar refractivity (Wildman–Crippen MR) is 44.0 cm³/mol. The maximum Gasteiger partial charge on any atom is 0.293 e. The SMILES string of the molecule is O=COCCOc1ccccc1. The maximum atomic E-state index is 9.74. The Morgan fingerprint density at radius 3 is 2.58 bits per heavy atom. The van der Waals surface area contributed by atoms with Gasteiger partial charge in [0.05, 0.1) is 0 Å². The Hall–Kier alpha value is -1.51. The van der Waals surface area contributed by atoms with Gasteiger partial charge in [-0.05, 0) is 12.1 Å². The molecule has 0 spiro atoms. The zero-order valence-corrected chi connectivity index (χ0v) is 6.60. The molecular weight excluding hydrogens is 156 g/mol. The third kappa shape index (κ3) is 3.05. The second-order valence-corrected chi connectivity index (χ2v) is 2.13. The van der Waals surface area contributed by atoms with E-state index in [0.29, 0.717) is 19.7 Å². The van der Waals surface area contributed by atoms with Gasteiger partial charge in [0.25, 0.3) is 6.47 Å². The van der Waals surface area contributed by atoms with Crippen molar-refractivity contribution in [3.63, 3.8) is 0 Å². The van der Waals surface area contributed by atoms with E-state index in [0.717, 1.165) is 5.75 Å². The van der Waals surface area contributed by atoms with Crippen LogP contribution in [0.1, 0.15) is 0 Å². The van der Waals surface area contributed by atoms with E-state index in [9.17, 15) is 4.79 Å². The van der Waals surface area contributed by atoms with Crippen molar-refractivity contribution in [2.75, 3.05) is 13.2 Å². The van der Waals surface area contributed by atoms with Gasteiger partial charge in [0, 0.05) is 0 Å². The van der Waals surface area contributed by atoms with Crippen molar-refractivity contribution >= 4 is 6.47 Å². The average Bonchev–Trinajstić information content (AvgIpc) is 2.14. The number of hydrogen-bond donors (Lipinski definition) is 0. The maximum absolute atomic E-state index is 9.74. The van der Waals surface area contributed by atoms with Gasteiger partial charge in [-0.25, -0.2) is 0 Å². The summed E-state index contributed by atoms with van der Waals surface area (Å²) in [5.41, 5.74) is 0. The molecule has 1 aromatic rings. The normalized spacial score (nSPS) is 9.00. The highest BCUT2D eigenvalue weighted by atomic mass is 16.5. The third-order valence-electron chi connectivity index (χ3n) is 1.28. The lowest BCUT2D eigenvalue weighted by molar-refractivity contribution is -0.129. The van der Waals surface area contributed by atoms with E-state index in [1.54, 1.807) is 0 Å². The summed E-state index contributed by atoms with van der Waals surface area (Å²) in [6.07, 6.45) is 0. The summed E-state index contributed by atoms with van der Waals surface area (Å²) in [5, 5.41) is 0. The molecule has 1 aromatic carbocycles. The highest BCUT2D eigenvalue weighted by Crippen LogP contribution is 2.07. The monoisotopic (exact) mass is 166 g/mol. The van der Waals surface area contributed by atoms with Gasteiger partial charge in [0.15, 0.2) is 0 Å². The minimum absolute atomic E-state index is 0.290. The molecule has 3 heteroatoms. The van der Waals surface area contributed by atoms with E-state index < -0.39 is 0 Å². The van der Waals surface area contributed by atoms with Crippen LogP contribution in [0, 0.1) is 0 Å². The van der Waals surface area contributed by atoms with Crippen molar-refractivity contribution in [1.29, 1.82) is 0 Å². The fraction of sp³-hybridized carbons (Fsp3) is 0.222. The standard InChI is InChI=1S/C9H10O3/c10-8-11-6-7-12-9-4-2-1-3-5-9/h1-5,8H,6-7H2. The third-order valence-corrected chi connectivity index (χ3v) is 1.28. The summed E-state index contributed by atoms with van der Waals surface area (Å²) in [4.78, 5) is 9.74. The Bertz CT molecular complexity index is 220. The van der Waals surface area contributed by atoms with E-state index in [-0.39, 0.29) is 0 Å². The quantitative estimate of drug-likeness (QED) is 0.487. The minimum atomic E-state index is 0.290. The van der Waals surface area contributed by atoms with Crippen LogP contribution in [-0.2, 0) is 9.53 Å². The van der Waals surface area contributed by atoms with Crippen LogP contribution in [0.4, 0.5) is 0 Å². The van der Waals surface area contributed by atoms with Crippen LogP contribution in [0.3, 0.4) is 0 Å². The van der Waals surface area contributed by atoms with Gasteiger partial charge in [-0.15, -0.1) is 0 Å². The molecule has 0 amide bonds. The molecule has 0 N–H and O–H groups in total. The molecule has 0 bridgehead atoms. The van der Waals surface area contributed by atoms with Gasteiger partial charge in [-0.1, -0.05) is 18.2 Å². The number of ether oxygens (including phenoxy) is 2. The first-order valence-electron chi connectivity index (χ1n) is 3.66. The molecule has 0 heterocycles. The van der Waals surface area contributed by atoms with Crippen LogP contribution in [0.5, 0.6) is 5.75 Å². The second kappa shape index (κ2) is 5.18. The Kier molecular flexibility index (Phi) is 3.71. The van der Waals surface area contributed by atoms with Crippen molar-refractivity contribution < 1.29 is 14.3 Å². The minimum Gasteiger partial charge on any atom is -0.490 e. The zero-order valence-electron chi connectivity index (χ0n) is 6.60. The number of para-hydroxylation sites is 1. The Labute approximate surface area is 70.9 Å². The largest absolute Gasteiger partial charge is 0.490 e. The van der Waals surface area contributed by atoms with Crippen molar-refractivity contribution in [3.05, 3.63) is 30.3 Å². The van der Waals surface area contributed by atoms with Crippen molar-refractivity contribution in [2.45, 2.75) is 0 Å². The van der Waals surface area contributed by atoms with E-state index in [1.807, 2.05) is 30.3 Å². The van der Waals surface area contributed by atoms with Crippen LogP contribution in [-0.4, -0.2) is 19.7 Å². The number of rotatable bonds is 5. The van der Waals surface area contributed by atoms with E-state index >= 15 is 0 Å². The van der Waals surface area contributed by atoms with Gasteiger partial charge >= 0.3 is 0 Å². The summed E-state index contributed by atoms with van der Waals surface area (Å²) in [7, 11) is 0. The summed E-state index contributed by atoms with van der Waals surface area (Å²) in [5.74, 6) is 0.784. The molecule has 0 aromatic heterocycles. The van der Waals surface area contributed by atoms with Crippen molar-refractivity contribution in [2.24, 2.45) is 0 Å². The van der Waals surface area contributed by atoms with Crippen LogP contribution in [0.2, 0.25) is 0 Å². The summed E-state index contributed by atoms with van der Waals surface area (Å²) >= 11 is 0. The van der Waals surface area contributed by atoms with Gasteiger partial charge in [0.2, 0.25) is 0 Å². The number of benzene rings is 1. The number of hydrogen-bond acceptors (Lipinski definition) is 3. The highest BCUT2D eigenvalue weighted by molar-refractivity contribution is 5.36. The Morgan fingerprint density at radius 2 is 1.92 bits per heavy atom. The number of carbonyl (C=O) groups excluding carboxylic acids is 1. The smallest absolute Gasteiger partial charge is 0.293 e. The van der Waals surface area contributed by atoms with Crippen LogP contribution in [0.15, 0.2) is 30.3 Å². The van der Waals surface area contributed by atoms with Gasteiger partial charge < -0.3 is 9.47 Å². The molecule has 64 valence electrons. The fourth-order valence-corrected chi connectivity index (χ4v) is 0.772. The summed E-state index contributed by atoms with van der Waals surface area (Å²) in [6, 6.07) is 9.38.